The number of anilines is 1. The average molecular weight is 400 g/mol. The number of benzene rings is 3. The Hall–Kier alpha value is -3.64. The summed E-state index contributed by atoms with van der Waals surface area (Å²) in [4.78, 5) is 16.9. The zero-order valence-electron chi connectivity index (χ0n) is 15.3. The van der Waals surface area contributed by atoms with Crippen molar-refractivity contribution in [1.82, 2.24) is 4.98 Å². The summed E-state index contributed by atoms with van der Waals surface area (Å²) in [5.41, 5.74) is 2.76. The molecular weight excluding hydrogens is 384 g/mol. The number of nitrogens with zero attached hydrogens (tertiary/aromatic N) is 1. The van der Waals surface area contributed by atoms with Crippen molar-refractivity contribution in [3.8, 4) is 22.8 Å². The van der Waals surface area contributed by atoms with E-state index in [1.807, 2.05) is 47.8 Å². The number of carbonyl (C=O) groups excluding carboxylic acids is 1. The maximum Gasteiger partial charge on any atom is 0.250 e. The molecule has 2 heterocycles. The van der Waals surface area contributed by atoms with Crippen LogP contribution in [-0.4, -0.2) is 17.7 Å². The summed E-state index contributed by atoms with van der Waals surface area (Å²) in [6.07, 6.45) is 3.22. The standard InChI is InChI=1S/C23H16N2O3S/c26-22(11-9-15-8-10-20-21(12-15)28-14-27-20)25-23-24-19(13-29-23)18-7-3-5-16-4-1-2-6-17(16)18/h1-13H,14H2,(H,24,25,26)/b11-9-. The van der Waals surface area contributed by atoms with Gasteiger partial charge in [-0.25, -0.2) is 4.98 Å². The minimum absolute atomic E-state index is 0.228. The van der Waals surface area contributed by atoms with E-state index in [-0.39, 0.29) is 12.7 Å². The fourth-order valence-electron chi connectivity index (χ4n) is 3.24. The van der Waals surface area contributed by atoms with Gasteiger partial charge in [-0.3, -0.25) is 10.1 Å². The summed E-state index contributed by atoms with van der Waals surface area (Å²) >= 11 is 1.41. The maximum atomic E-state index is 12.3. The van der Waals surface area contributed by atoms with Crippen molar-refractivity contribution in [1.29, 1.82) is 0 Å². The van der Waals surface area contributed by atoms with Crippen molar-refractivity contribution in [2.45, 2.75) is 0 Å². The predicted molar refractivity (Wildman–Crippen MR) is 115 cm³/mol. The van der Waals surface area contributed by atoms with Gasteiger partial charge in [0, 0.05) is 17.0 Å². The lowest BCUT2D eigenvalue weighted by atomic mass is 10.0. The first-order valence-corrected chi connectivity index (χ1v) is 9.97. The first-order chi connectivity index (χ1) is 14.3. The minimum atomic E-state index is -0.235. The van der Waals surface area contributed by atoms with Gasteiger partial charge in [0.2, 0.25) is 12.7 Å². The van der Waals surface area contributed by atoms with Gasteiger partial charge in [-0.1, -0.05) is 48.5 Å². The van der Waals surface area contributed by atoms with Gasteiger partial charge in [-0.2, -0.15) is 0 Å². The number of amides is 1. The van der Waals surface area contributed by atoms with Crippen LogP contribution in [0.3, 0.4) is 0 Å². The van der Waals surface area contributed by atoms with E-state index in [0.717, 1.165) is 33.3 Å². The van der Waals surface area contributed by atoms with Crippen LogP contribution in [0.2, 0.25) is 0 Å². The molecule has 0 bridgehead atoms. The van der Waals surface area contributed by atoms with Gasteiger partial charge in [-0.05, 0) is 34.5 Å². The molecule has 1 aromatic heterocycles. The first kappa shape index (κ1) is 17.5. The highest BCUT2D eigenvalue weighted by atomic mass is 32.1. The number of carbonyl (C=O) groups is 1. The minimum Gasteiger partial charge on any atom is -0.454 e. The van der Waals surface area contributed by atoms with Crippen LogP contribution in [0.5, 0.6) is 11.5 Å². The van der Waals surface area contributed by atoms with Crippen molar-refractivity contribution in [2.24, 2.45) is 0 Å². The molecule has 3 aromatic carbocycles. The molecule has 6 heteroatoms. The molecule has 142 valence electrons. The molecule has 1 aliphatic heterocycles. The molecule has 0 unspecified atom stereocenters. The van der Waals surface area contributed by atoms with Gasteiger partial charge in [0.1, 0.15) is 0 Å². The molecule has 1 aliphatic rings. The zero-order chi connectivity index (χ0) is 19.6. The average Bonchev–Trinajstić information content (AvgIpc) is 3.41. The number of ether oxygens (including phenoxy) is 2. The summed E-state index contributed by atoms with van der Waals surface area (Å²) in [6.45, 7) is 0.228. The second kappa shape index (κ2) is 7.41. The Morgan fingerprint density at radius 3 is 2.86 bits per heavy atom. The third-order valence-electron chi connectivity index (χ3n) is 4.62. The van der Waals surface area contributed by atoms with Crippen LogP contribution >= 0.6 is 11.3 Å². The Kier molecular flexibility index (Phi) is 4.46. The Balaban J connectivity index is 1.31. The maximum absolute atomic E-state index is 12.3. The summed E-state index contributed by atoms with van der Waals surface area (Å²) in [6, 6.07) is 19.9. The fourth-order valence-corrected chi connectivity index (χ4v) is 3.95. The number of hydrogen-bond acceptors (Lipinski definition) is 5. The largest absolute Gasteiger partial charge is 0.454 e. The molecule has 0 atom stereocenters. The second-order valence-corrected chi connectivity index (χ2v) is 7.36. The molecule has 0 fully saturated rings. The molecule has 0 saturated heterocycles. The topological polar surface area (TPSA) is 60.5 Å². The molecule has 29 heavy (non-hydrogen) atoms. The Morgan fingerprint density at radius 1 is 1.03 bits per heavy atom. The van der Waals surface area contributed by atoms with Crippen LogP contribution in [0.1, 0.15) is 5.56 Å². The van der Waals surface area contributed by atoms with E-state index < -0.39 is 0 Å². The van der Waals surface area contributed by atoms with Gasteiger partial charge in [0.15, 0.2) is 16.6 Å². The number of nitrogens with one attached hydrogen (secondary N) is 1. The van der Waals surface area contributed by atoms with Crippen molar-refractivity contribution >= 4 is 39.2 Å². The number of hydrogen-bond donors (Lipinski definition) is 1. The summed E-state index contributed by atoms with van der Waals surface area (Å²) in [5, 5.41) is 7.65. The van der Waals surface area contributed by atoms with Crippen LogP contribution in [0.25, 0.3) is 28.1 Å². The highest BCUT2D eigenvalue weighted by Crippen LogP contribution is 2.33. The Bertz CT molecular complexity index is 1240. The van der Waals surface area contributed by atoms with Crippen molar-refractivity contribution in [3.63, 3.8) is 0 Å². The van der Waals surface area contributed by atoms with Crippen LogP contribution in [0, 0.1) is 0 Å². The Labute approximate surface area is 171 Å². The second-order valence-electron chi connectivity index (χ2n) is 6.50. The summed E-state index contributed by atoms with van der Waals surface area (Å²) < 4.78 is 10.6. The number of thiazole rings is 1. The van der Waals surface area contributed by atoms with Crippen molar-refractivity contribution in [3.05, 3.63) is 77.7 Å². The number of aromatic nitrogens is 1. The smallest absolute Gasteiger partial charge is 0.250 e. The lowest BCUT2D eigenvalue weighted by Crippen LogP contribution is -2.07. The highest BCUT2D eigenvalue weighted by molar-refractivity contribution is 7.14. The molecule has 1 amide bonds. The van der Waals surface area contributed by atoms with Gasteiger partial charge in [0.05, 0.1) is 5.69 Å². The fraction of sp³-hybridized carbons (Fsp3) is 0.0435. The van der Waals surface area contributed by atoms with Gasteiger partial charge in [0.25, 0.3) is 0 Å². The third kappa shape index (κ3) is 3.58. The monoisotopic (exact) mass is 400 g/mol. The molecule has 5 nitrogen and oxygen atoms in total. The van der Waals surface area contributed by atoms with E-state index in [1.165, 1.54) is 17.4 Å². The quantitative estimate of drug-likeness (QED) is 0.470. The molecule has 5 rings (SSSR count). The molecule has 1 N–H and O–H groups in total. The predicted octanol–water partition coefficient (Wildman–Crippen LogP) is 5.34. The lowest BCUT2D eigenvalue weighted by Gasteiger charge is -2.03. The molecule has 0 aliphatic carbocycles. The van der Waals surface area contributed by atoms with Crippen LogP contribution < -0.4 is 14.8 Å². The van der Waals surface area contributed by atoms with Gasteiger partial charge in [-0.15, -0.1) is 11.3 Å². The van der Waals surface area contributed by atoms with Crippen LogP contribution in [0.4, 0.5) is 5.13 Å². The molecule has 0 radical (unpaired) electrons. The third-order valence-corrected chi connectivity index (χ3v) is 5.38. The first-order valence-electron chi connectivity index (χ1n) is 9.09. The van der Waals surface area contributed by atoms with Gasteiger partial charge < -0.3 is 9.47 Å². The normalized spacial score (nSPS) is 12.6. The number of rotatable bonds is 4. The molecule has 0 spiro atoms. The van der Waals surface area contributed by atoms with Gasteiger partial charge >= 0.3 is 0 Å². The SMILES string of the molecule is O=C(/C=C\c1ccc2c(c1)OCO2)Nc1nc(-c2cccc3ccccc23)cs1. The van der Waals surface area contributed by atoms with E-state index >= 15 is 0 Å². The molecule has 0 saturated carbocycles. The van der Waals surface area contributed by atoms with E-state index in [1.54, 1.807) is 6.08 Å². The van der Waals surface area contributed by atoms with Crippen LogP contribution in [0.15, 0.2) is 72.1 Å². The molecular formula is C23H16N2O3S. The van der Waals surface area contributed by atoms with Crippen molar-refractivity contribution < 1.29 is 14.3 Å². The van der Waals surface area contributed by atoms with E-state index in [4.69, 9.17) is 9.47 Å². The van der Waals surface area contributed by atoms with Crippen LogP contribution in [-0.2, 0) is 4.79 Å². The van der Waals surface area contributed by atoms with E-state index in [0.29, 0.717) is 10.9 Å². The lowest BCUT2D eigenvalue weighted by molar-refractivity contribution is -0.111. The van der Waals surface area contributed by atoms with E-state index in [2.05, 4.69) is 28.5 Å². The summed E-state index contributed by atoms with van der Waals surface area (Å²) in [7, 11) is 0. The molecule has 4 aromatic rings. The van der Waals surface area contributed by atoms with E-state index in [9.17, 15) is 4.79 Å². The highest BCUT2D eigenvalue weighted by Gasteiger charge is 2.13. The zero-order valence-corrected chi connectivity index (χ0v) is 16.1. The summed E-state index contributed by atoms with van der Waals surface area (Å²) in [5.74, 6) is 1.17. The van der Waals surface area contributed by atoms with Crippen molar-refractivity contribution in [2.75, 3.05) is 12.1 Å². The number of fused-ring (bicyclic) bond motifs is 2. The Morgan fingerprint density at radius 2 is 1.90 bits per heavy atom.